The third-order valence-corrected chi connectivity index (χ3v) is 2.92. The molecule has 1 aliphatic heterocycles. The average molecular weight is 288 g/mol. The van der Waals surface area contributed by atoms with E-state index in [2.05, 4.69) is 15.1 Å². The highest BCUT2D eigenvalue weighted by Gasteiger charge is 2.18. The number of anilines is 1. The van der Waals surface area contributed by atoms with Gasteiger partial charge in [0.2, 0.25) is 0 Å². The lowest BCUT2D eigenvalue weighted by molar-refractivity contribution is 0.107. The summed E-state index contributed by atoms with van der Waals surface area (Å²) in [6.07, 6.45) is 0. The lowest BCUT2D eigenvalue weighted by Gasteiger charge is -2.29. The highest BCUT2D eigenvalue weighted by Crippen LogP contribution is 2.28. The largest absolute Gasteiger partial charge is 0.473 e. The van der Waals surface area contributed by atoms with Crippen LogP contribution in [0.2, 0.25) is 5.15 Å². The Morgan fingerprint density at radius 3 is 2.84 bits per heavy atom. The van der Waals surface area contributed by atoms with Crippen molar-refractivity contribution in [3.63, 3.8) is 0 Å². The van der Waals surface area contributed by atoms with E-state index >= 15 is 0 Å². The van der Waals surface area contributed by atoms with Crippen molar-refractivity contribution < 1.29 is 14.2 Å². The number of halogens is 1. The quantitative estimate of drug-likeness (QED) is 0.737. The van der Waals surface area contributed by atoms with Crippen LogP contribution in [0.25, 0.3) is 0 Å². The van der Waals surface area contributed by atoms with Crippen LogP contribution in [-0.4, -0.2) is 56.3 Å². The summed E-state index contributed by atoms with van der Waals surface area (Å²) in [7, 11) is 0. The van der Waals surface area contributed by atoms with Gasteiger partial charge in [-0.05, 0) is 6.92 Å². The van der Waals surface area contributed by atoms with Crippen LogP contribution in [0.3, 0.4) is 0 Å². The molecule has 19 heavy (non-hydrogen) atoms. The predicted octanol–water partition coefficient (Wildman–Crippen LogP) is 1.38. The van der Waals surface area contributed by atoms with E-state index in [4.69, 9.17) is 25.8 Å². The van der Waals surface area contributed by atoms with Gasteiger partial charge < -0.3 is 19.1 Å². The summed E-state index contributed by atoms with van der Waals surface area (Å²) in [5.41, 5.74) is 0.861. The summed E-state index contributed by atoms with van der Waals surface area (Å²) in [4.78, 5) is 2.14. The first-order valence-corrected chi connectivity index (χ1v) is 6.75. The molecule has 1 fully saturated rings. The zero-order valence-corrected chi connectivity index (χ0v) is 11.7. The van der Waals surface area contributed by atoms with E-state index in [1.54, 1.807) is 6.07 Å². The molecule has 0 aliphatic carbocycles. The normalized spacial score (nSPS) is 15.6. The van der Waals surface area contributed by atoms with Crippen LogP contribution in [0, 0.1) is 0 Å². The van der Waals surface area contributed by atoms with Crippen LogP contribution >= 0.6 is 11.6 Å². The van der Waals surface area contributed by atoms with Gasteiger partial charge in [-0.2, -0.15) is 0 Å². The fourth-order valence-corrected chi connectivity index (χ4v) is 1.96. The highest BCUT2D eigenvalue weighted by molar-refractivity contribution is 6.29. The van der Waals surface area contributed by atoms with Crippen molar-refractivity contribution in [2.24, 2.45) is 0 Å². The smallest absolute Gasteiger partial charge is 0.257 e. The van der Waals surface area contributed by atoms with Gasteiger partial charge in [0.05, 0.1) is 19.8 Å². The molecule has 7 heteroatoms. The first-order chi connectivity index (χ1) is 9.31. The summed E-state index contributed by atoms with van der Waals surface area (Å²) in [5, 5.41) is 8.19. The van der Waals surface area contributed by atoms with Gasteiger partial charge in [0.15, 0.2) is 5.15 Å². The van der Waals surface area contributed by atoms with E-state index in [0.29, 0.717) is 44.1 Å². The van der Waals surface area contributed by atoms with Gasteiger partial charge in [0, 0.05) is 25.8 Å². The van der Waals surface area contributed by atoms with Crippen LogP contribution in [0.4, 0.5) is 5.69 Å². The van der Waals surface area contributed by atoms with E-state index in [-0.39, 0.29) is 0 Å². The molecule has 1 aromatic heterocycles. The van der Waals surface area contributed by atoms with Crippen molar-refractivity contribution in [3.05, 3.63) is 11.2 Å². The predicted molar refractivity (Wildman–Crippen MR) is 72.1 cm³/mol. The Morgan fingerprint density at radius 2 is 2.11 bits per heavy atom. The van der Waals surface area contributed by atoms with Gasteiger partial charge in [-0.1, -0.05) is 11.6 Å². The Labute approximate surface area is 117 Å². The van der Waals surface area contributed by atoms with E-state index in [0.717, 1.165) is 18.8 Å². The fraction of sp³-hybridized carbons (Fsp3) is 0.667. The number of hydrogen-bond donors (Lipinski definition) is 0. The molecule has 0 amide bonds. The minimum atomic E-state index is 0.360. The molecule has 106 valence electrons. The van der Waals surface area contributed by atoms with Crippen molar-refractivity contribution in [1.29, 1.82) is 0 Å². The van der Waals surface area contributed by atoms with Gasteiger partial charge in [0.25, 0.3) is 5.88 Å². The Bertz CT molecular complexity index is 400. The maximum Gasteiger partial charge on any atom is 0.257 e. The van der Waals surface area contributed by atoms with Crippen molar-refractivity contribution >= 4 is 17.3 Å². The molecule has 0 N–H and O–H groups in total. The second-order valence-electron chi connectivity index (χ2n) is 4.00. The van der Waals surface area contributed by atoms with E-state index in [9.17, 15) is 0 Å². The molecule has 2 heterocycles. The summed E-state index contributed by atoms with van der Waals surface area (Å²) in [6, 6.07) is 1.77. The van der Waals surface area contributed by atoms with Crippen LogP contribution in [0.5, 0.6) is 5.88 Å². The van der Waals surface area contributed by atoms with Gasteiger partial charge >= 0.3 is 0 Å². The van der Waals surface area contributed by atoms with Crippen molar-refractivity contribution in [2.75, 3.05) is 51.0 Å². The maximum atomic E-state index is 5.91. The molecular weight excluding hydrogens is 270 g/mol. The lowest BCUT2D eigenvalue weighted by atomic mass is 10.3. The minimum Gasteiger partial charge on any atom is -0.473 e. The second-order valence-corrected chi connectivity index (χ2v) is 4.39. The molecule has 0 spiro atoms. The fourth-order valence-electron chi connectivity index (χ4n) is 1.82. The highest BCUT2D eigenvalue weighted by atomic mass is 35.5. The van der Waals surface area contributed by atoms with Crippen molar-refractivity contribution in [3.8, 4) is 5.88 Å². The van der Waals surface area contributed by atoms with Gasteiger partial charge in [0.1, 0.15) is 12.3 Å². The molecule has 1 aliphatic rings. The van der Waals surface area contributed by atoms with E-state index < -0.39 is 0 Å². The zero-order chi connectivity index (χ0) is 13.5. The molecule has 2 rings (SSSR count). The zero-order valence-electron chi connectivity index (χ0n) is 11.0. The topological polar surface area (TPSA) is 56.7 Å². The third-order valence-electron chi connectivity index (χ3n) is 2.73. The summed E-state index contributed by atoms with van der Waals surface area (Å²) >= 11 is 5.91. The standard InChI is InChI=1S/C12H18ClN3O3/c1-2-17-7-8-19-12-10(9-11(13)14-15-12)16-3-5-18-6-4-16/h9H,2-8H2,1H3. The van der Waals surface area contributed by atoms with E-state index in [1.165, 1.54) is 0 Å². The molecule has 0 saturated carbocycles. The average Bonchev–Trinajstić information content (AvgIpc) is 2.46. The number of hydrogen-bond acceptors (Lipinski definition) is 6. The molecule has 1 saturated heterocycles. The van der Waals surface area contributed by atoms with Crippen molar-refractivity contribution in [2.45, 2.75) is 6.92 Å². The molecule has 0 bridgehead atoms. The third kappa shape index (κ3) is 4.19. The van der Waals surface area contributed by atoms with E-state index in [1.807, 2.05) is 6.92 Å². The lowest BCUT2D eigenvalue weighted by Crippen LogP contribution is -2.36. The number of ether oxygens (including phenoxy) is 3. The summed E-state index contributed by atoms with van der Waals surface area (Å²) < 4.78 is 16.2. The molecular formula is C12H18ClN3O3. The Balaban J connectivity index is 2.03. The summed E-state index contributed by atoms with van der Waals surface area (Å²) in [6.45, 7) is 6.57. The van der Waals surface area contributed by atoms with Crippen LogP contribution in [0.15, 0.2) is 6.07 Å². The maximum absolute atomic E-state index is 5.91. The molecule has 0 aromatic carbocycles. The number of nitrogens with zero attached hydrogens (tertiary/aromatic N) is 3. The first kappa shape index (κ1) is 14.3. The van der Waals surface area contributed by atoms with Gasteiger partial charge in [-0.3, -0.25) is 0 Å². The monoisotopic (exact) mass is 287 g/mol. The summed E-state index contributed by atoms with van der Waals surface area (Å²) in [5.74, 6) is 0.492. The van der Waals surface area contributed by atoms with Crippen LogP contribution in [0.1, 0.15) is 6.92 Å². The molecule has 6 nitrogen and oxygen atoms in total. The molecule has 0 atom stereocenters. The first-order valence-electron chi connectivity index (χ1n) is 6.37. The number of aromatic nitrogens is 2. The number of rotatable bonds is 6. The molecule has 0 radical (unpaired) electrons. The van der Waals surface area contributed by atoms with Gasteiger partial charge in [-0.25, -0.2) is 0 Å². The Kier molecular flexibility index (Phi) is 5.62. The van der Waals surface area contributed by atoms with Gasteiger partial charge in [-0.15, -0.1) is 10.2 Å². The molecule has 0 unspecified atom stereocenters. The Morgan fingerprint density at radius 1 is 1.32 bits per heavy atom. The number of morpholine rings is 1. The van der Waals surface area contributed by atoms with Crippen molar-refractivity contribution in [1.82, 2.24) is 10.2 Å². The Hall–Kier alpha value is -1.11. The molecule has 1 aromatic rings. The van der Waals surface area contributed by atoms with Crippen LogP contribution in [-0.2, 0) is 9.47 Å². The minimum absolute atomic E-state index is 0.360. The SMILES string of the molecule is CCOCCOc1nnc(Cl)cc1N1CCOCC1. The van der Waals surface area contributed by atoms with Crippen LogP contribution < -0.4 is 9.64 Å². The second kappa shape index (κ2) is 7.47.